The molecule has 114 valence electrons. The topological polar surface area (TPSA) is 49.4 Å². The van der Waals surface area contributed by atoms with Crippen molar-refractivity contribution in [2.24, 2.45) is 5.92 Å². The Bertz CT molecular complexity index is 505. The van der Waals surface area contributed by atoms with Crippen LogP contribution >= 0.6 is 0 Å². The molecule has 0 atom stereocenters. The van der Waals surface area contributed by atoms with E-state index in [1.807, 2.05) is 4.90 Å². The van der Waals surface area contributed by atoms with Gasteiger partial charge >= 0.3 is 0 Å². The molecule has 1 fully saturated rings. The quantitative estimate of drug-likeness (QED) is 0.905. The predicted octanol–water partition coefficient (Wildman–Crippen LogP) is 2.70. The number of nitrogens with zero attached hydrogens (tertiary/aromatic N) is 1. The van der Waals surface area contributed by atoms with E-state index >= 15 is 0 Å². The minimum atomic E-state index is -0.105. The van der Waals surface area contributed by atoms with Crippen LogP contribution in [-0.2, 0) is 0 Å². The number of amides is 2. The van der Waals surface area contributed by atoms with Crippen molar-refractivity contribution in [3.8, 4) is 0 Å². The van der Waals surface area contributed by atoms with Gasteiger partial charge in [-0.1, -0.05) is 19.9 Å². The van der Waals surface area contributed by atoms with E-state index in [1.54, 1.807) is 24.3 Å². The van der Waals surface area contributed by atoms with Gasteiger partial charge in [0.05, 0.1) is 0 Å². The van der Waals surface area contributed by atoms with Gasteiger partial charge in [-0.2, -0.15) is 0 Å². The molecule has 1 aliphatic rings. The maximum Gasteiger partial charge on any atom is 0.253 e. The Morgan fingerprint density at radius 1 is 1.19 bits per heavy atom. The zero-order valence-corrected chi connectivity index (χ0v) is 12.9. The average molecular weight is 288 g/mol. The van der Waals surface area contributed by atoms with E-state index in [9.17, 15) is 9.59 Å². The minimum Gasteiger partial charge on any atom is -0.352 e. The molecule has 0 aromatic heterocycles. The Kier molecular flexibility index (Phi) is 5.37. The summed E-state index contributed by atoms with van der Waals surface area (Å²) in [5.74, 6) is 0.490. The summed E-state index contributed by atoms with van der Waals surface area (Å²) in [5, 5.41) is 2.90. The van der Waals surface area contributed by atoms with Crippen molar-refractivity contribution >= 4 is 11.8 Å². The first-order chi connectivity index (χ1) is 10.1. The number of carbonyl (C=O) groups is 2. The number of hydrogen-bond donors (Lipinski definition) is 1. The molecule has 1 heterocycles. The van der Waals surface area contributed by atoms with Crippen molar-refractivity contribution in [3.05, 3.63) is 35.4 Å². The third-order valence-corrected chi connectivity index (χ3v) is 3.77. The van der Waals surface area contributed by atoms with Gasteiger partial charge in [0, 0.05) is 30.8 Å². The molecule has 0 aliphatic carbocycles. The smallest absolute Gasteiger partial charge is 0.253 e. The predicted molar refractivity (Wildman–Crippen MR) is 83.4 cm³/mol. The molecule has 1 aliphatic heterocycles. The molecular weight excluding hydrogens is 264 g/mol. The molecular formula is C17H24N2O2. The summed E-state index contributed by atoms with van der Waals surface area (Å²) in [6.07, 6.45) is 3.10. The number of carbonyl (C=O) groups excluding carboxylic acids is 2. The third kappa shape index (κ3) is 4.31. The highest BCUT2D eigenvalue weighted by molar-refractivity contribution is 5.99. The fourth-order valence-electron chi connectivity index (χ4n) is 2.47. The van der Waals surface area contributed by atoms with Gasteiger partial charge in [0.2, 0.25) is 0 Å². The zero-order valence-electron chi connectivity index (χ0n) is 12.9. The number of benzene rings is 1. The van der Waals surface area contributed by atoms with E-state index in [2.05, 4.69) is 19.2 Å². The van der Waals surface area contributed by atoms with E-state index in [-0.39, 0.29) is 11.8 Å². The van der Waals surface area contributed by atoms with Gasteiger partial charge in [-0.05, 0) is 43.4 Å². The molecule has 0 bridgehead atoms. The molecule has 0 radical (unpaired) electrons. The first kappa shape index (κ1) is 15.5. The molecule has 4 nitrogen and oxygen atoms in total. The van der Waals surface area contributed by atoms with Crippen molar-refractivity contribution in [3.63, 3.8) is 0 Å². The van der Waals surface area contributed by atoms with Crippen molar-refractivity contribution in [2.75, 3.05) is 19.6 Å². The highest BCUT2D eigenvalue weighted by Crippen LogP contribution is 2.14. The van der Waals surface area contributed by atoms with Crippen LogP contribution in [0.15, 0.2) is 24.3 Å². The second kappa shape index (κ2) is 7.25. The molecule has 1 aromatic rings. The molecule has 21 heavy (non-hydrogen) atoms. The first-order valence-corrected chi connectivity index (χ1v) is 7.75. The zero-order chi connectivity index (χ0) is 15.2. The molecule has 1 aromatic carbocycles. The average Bonchev–Trinajstić information content (AvgIpc) is 3.00. The molecule has 0 saturated carbocycles. The van der Waals surface area contributed by atoms with Crippen LogP contribution in [0, 0.1) is 5.92 Å². The number of likely N-dealkylation sites (tertiary alicyclic amines) is 1. The van der Waals surface area contributed by atoms with Crippen LogP contribution in [-0.4, -0.2) is 36.3 Å². The summed E-state index contributed by atoms with van der Waals surface area (Å²) in [6.45, 7) is 6.57. The van der Waals surface area contributed by atoms with E-state index in [4.69, 9.17) is 0 Å². The minimum absolute atomic E-state index is 0.0318. The normalized spacial score (nSPS) is 14.5. The van der Waals surface area contributed by atoms with E-state index < -0.39 is 0 Å². The van der Waals surface area contributed by atoms with Crippen LogP contribution in [0.25, 0.3) is 0 Å². The Labute approximate surface area is 126 Å². The second-order valence-corrected chi connectivity index (χ2v) is 6.02. The third-order valence-electron chi connectivity index (χ3n) is 3.77. The summed E-state index contributed by atoms with van der Waals surface area (Å²) in [6, 6.07) is 7.02. The fraction of sp³-hybridized carbons (Fsp3) is 0.529. The van der Waals surface area contributed by atoms with E-state index in [0.717, 1.165) is 32.4 Å². The van der Waals surface area contributed by atoms with Crippen LogP contribution in [0.1, 0.15) is 53.8 Å². The molecule has 1 N–H and O–H groups in total. The number of hydrogen-bond acceptors (Lipinski definition) is 2. The lowest BCUT2D eigenvalue weighted by Gasteiger charge is -2.15. The van der Waals surface area contributed by atoms with Crippen molar-refractivity contribution < 1.29 is 9.59 Å². The van der Waals surface area contributed by atoms with Crippen LogP contribution in [0.2, 0.25) is 0 Å². The lowest BCUT2D eigenvalue weighted by Crippen LogP contribution is -2.28. The van der Waals surface area contributed by atoms with Crippen LogP contribution in [0.3, 0.4) is 0 Å². The van der Waals surface area contributed by atoms with Gasteiger partial charge in [-0.25, -0.2) is 0 Å². The van der Waals surface area contributed by atoms with Gasteiger partial charge in [-0.3, -0.25) is 9.59 Å². The summed E-state index contributed by atoms with van der Waals surface area (Å²) >= 11 is 0. The summed E-state index contributed by atoms with van der Waals surface area (Å²) in [5.41, 5.74) is 1.16. The first-order valence-electron chi connectivity index (χ1n) is 7.75. The lowest BCUT2D eigenvalue weighted by molar-refractivity contribution is 0.0793. The maximum atomic E-state index is 12.3. The summed E-state index contributed by atoms with van der Waals surface area (Å²) < 4.78 is 0. The van der Waals surface area contributed by atoms with Gasteiger partial charge < -0.3 is 10.2 Å². The lowest BCUT2D eigenvalue weighted by atomic mass is 10.1. The molecule has 0 spiro atoms. The number of nitrogens with one attached hydrogen (secondary N) is 1. The molecule has 0 unspecified atom stereocenters. The molecule has 1 saturated heterocycles. The Morgan fingerprint density at radius 3 is 2.52 bits per heavy atom. The van der Waals surface area contributed by atoms with Crippen molar-refractivity contribution in [1.82, 2.24) is 10.2 Å². The SMILES string of the molecule is CC(C)CCNC(=O)c1cccc(C(=O)N2CCCC2)c1. The van der Waals surface area contributed by atoms with Gasteiger partial charge in [0.1, 0.15) is 0 Å². The highest BCUT2D eigenvalue weighted by Gasteiger charge is 2.20. The Morgan fingerprint density at radius 2 is 1.86 bits per heavy atom. The Hall–Kier alpha value is -1.84. The van der Waals surface area contributed by atoms with Gasteiger partial charge in [0.25, 0.3) is 11.8 Å². The van der Waals surface area contributed by atoms with Gasteiger partial charge in [0.15, 0.2) is 0 Å². The fourth-order valence-corrected chi connectivity index (χ4v) is 2.47. The largest absolute Gasteiger partial charge is 0.352 e. The van der Waals surface area contributed by atoms with Crippen LogP contribution in [0.4, 0.5) is 0 Å². The van der Waals surface area contributed by atoms with E-state index in [1.165, 1.54) is 0 Å². The summed E-state index contributed by atoms with van der Waals surface area (Å²) in [7, 11) is 0. The monoisotopic (exact) mass is 288 g/mol. The molecule has 2 rings (SSSR count). The van der Waals surface area contributed by atoms with Crippen LogP contribution < -0.4 is 5.32 Å². The molecule has 4 heteroatoms. The summed E-state index contributed by atoms with van der Waals surface area (Å²) in [4.78, 5) is 26.3. The maximum absolute atomic E-state index is 12.3. The van der Waals surface area contributed by atoms with Gasteiger partial charge in [-0.15, -0.1) is 0 Å². The standard InChI is InChI=1S/C17H24N2O2/c1-13(2)8-9-18-16(20)14-6-5-7-15(12-14)17(21)19-10-3-4-11-19/h5-7,12-13H,3-4,8-11H2,1-2H3,(H,18,20). The second-order valence-electron chi connectivity index (χ2n) is 6.02. The molecule has 2 amide bonds. The van der Waals surface area contributed by atoms with Crippen LogP contribution in [0.5, 0.6) is 0 Å². The number of rotatable bonds is 5. The van der Waals surface area contributed by atoms with E-state index in [0.29, 0.717) is 23.6 Å². The Balaban J connectivity index is 1.99. The van der Waals surface area contributed by atoms with Crippen molar-refractivity contribution in [1.29, 1.82) is 0 Å². The van der Waals surface area contributed by atoms with Crippen molar-refractivity contribution in [2.45, 2.75) is 33.1 Å². The highest BCUT2D eigenvalue weighted by atomic mass is 16.2.